The van der Waals surface area contributed by atoms with E-state index in [1.807, 2.05) is 5.38 Å². The van der Waals surface area contributed by atoms with Crippen LogP contribution in [-0.4, -0.2) is 11.9 Å². The van der Waals surface area contributed by atoms with Crippen LogP contribution < -0.4 is 14.8 Å². The number of amides is 1. The predicted molar refractivity (Wildman–Crippen MR) is 118 cm³/mol. The molecule has 0 radical (unpaired) electrons. The lowest BCUT2D eigenvalue weighted by Gasteiger charge is -2.06. The van der Waals surface area contributed by atoms with Gasteiger partial charge in [-0.1, -0.05) is 18.2 Å². The van der Waals surface area contributed by atoms with E-state index in [9.17, 15) is 9.59 Å². The number of nitriles is 1. The molecule has 0 aliphatic heterocycles. The zero-order valence-electron chi connectivity index (χ0n) is 16.6. The highest BCUT2D eigenvalue weighted by Crippen LogP contribution is 2.21. The van der Waals surface area contributed by atoms with Gasteiger partial charge in [0.05, 0.1) is 10.4 Å². The second-order valence-corrected chi connectivity index (χ2v) is 7.46. The number of nitrogens with zero attached hydrogens (tertiary/aromatic N) is 1. The predicted octanol–water partition coefficient (Wildman–Crippen LogP) is 5.26. The summed E-state index contributed by atoms with van der Waals surface area (Å²) in [4.78, 5) is 25.0. The standard InChI is InChI=1S/C24H16N2O5S/c25-14-16-4-1-2-5-20(16)29-15-19-11-12-21(30-19)24(28)31-18-9-7-17(8-10-18)26-23(27)22-6-3-13-32-22/h1-13H,15H2,(H,26,27). The molecule has 2 heterocycles. The van der Waals surface area contributed by atoms with Gasteiger partial charge in [-0.3, -0.25) is 4.79 Å². The Kier molecular flexibility index (Phi) is 6.30. The van der Waals surface area contributed by atoms with Crippen molar-refractivity contribution in [2.75, 3.05) is 5.32 Å². The number of carbonyl (C=O) groups is 2. The van der Waals surface area contributed by atoms with E-state index in [2.05, 4.69) is 11.4 Å². The zero-order valence-corrected chi connectivity index (χ0v) is 17.4. The molecule has 32 heavy (non-hydrogen) atoms. The first-order valence-corrected chi connectivity index (χ1v) is 10.4. The van der Waals surface area contributed by atoms with Crippen molar-refractivity contribution in [1.82, 2.24) is 0 Å². The number of anilines is 1. The molecule has 0 atom stereocenters. The number of ether oxygens (including phenoxy) is 2. The Hall–Kier alpha value is -4.35. The number of nitrogens with one attached hydrogen (secondary N) is 1. The van der Waals surface area contributed by atoms with Crippen molar-refractivity contribution in [2.24, 2.45) is 0 Å². The van der Waals surface area contributed by atoms with Crippen LogP contribution in [0.1, 0.15) is 31.6 Å². The highest BCUT2D eigenvalue weighted by molar-refractivity contribution is 7.12. The van der Waals surface area contributed by atoms with Crippen LogP contribution in [0.15, 0.2) is 82.6 Å². The fourth-order valence-electron chi connectivity index (χ4n) is 2.76. The van der Waals surface area contributed by atoms with Crippen molar-refractivity contribution >= 4 is 28.9 Å². The van der Waals surface area contributed by atoms with E-state index in [4.69, 9.17) is 19.2 Å². The molecule has 158 valence electrons. The smallest absolute Gasteiger partial charge is 0.379 e. The molecule has 0 bridgehead atoms. The van der Waals surface area contributed by atoms with Gasteiger partial charge in [-0.05, 0) is 60.0 Å². The van der Waals surface area contributed by atoms with E-state index >= 15 is 0 Å². The first-order chi connectivity index (χ1) is 15.6. The number of carbonyl (C=O) groups excluding carboxylic acids is 2. The van der Waals surface area contributed by atoms with Crippen LogP contribution in [0.25, 0.3) is 0 Å². The monoisotopic (exact) mass is 444 g/mol. The van der Waals surface area contributed by atoms with Crippen LogP contribution in [-0.2, 0) is 6.61 Å². The molecule has 0 spiro atoms. The van der Waals surface area contributed by atoms with Gasteiger partial charge in [0.25, 0.3) is 5.91 Å². The highest BCUT2D eigenvalue weighted by Gasteiger charge is 2.15. The Morgan fingerprint density at radius 2 is 1.81 bits per heavy atom. The zero-order chi connectivity index (χ0) is 22.3. The van der Waals surface area contributed by atoms with Crippen LogP contribution in [0.2, 0.25) is 0 Å². The maximum Gasteiger partial charge on any atom is 0.379 e. The van der Waals surface area contributed by atoms with Crippen molar-refractivity contribution in [2.45, 2.75) is 6.61 Å². The van der Waals surface area contributed by atoms with Gasteiger partial charge in [0.15, 0.2) is 0 Å². The number of hydrogen-bond donors (Lipinski definition) is 1. The molecule has 4 aromatic rings. The van der Waals surface area contributed by atoms with Crippen LogP contribution in [0.4, 0.5) is 5.69 Å². The minimum absolute atomic E-state index is 0.0206. The maximum atomic E-state index is 12.4. The summed E-state index contributed by atoms with van der Waals surface area (Å²) in [5.74, 6) is 0.308. The van der Waals surface area contributed by atoms with Gasteiger partial charge in [-0.2, -0.15) is 5.26 Å². The summed E-state index contributed by atoms with van der Waals surface area (Å²) in [5.41, 5.74) is 0.993. The summed E-state index contributed by atoms with van der Waals surface area (Å²) in [6.45, 7) is 0.0601. The van der Waals surface area contributed by atoms with E-state index in [1.165, 1.54) is 17.4 Å². The molecule has 2 aromatic carbocycles. The number of furan rings is 1. The van der Waals surface area contributed by atoms with E-state index in [0.717, 1.165) is 0 Å². The van der Waals surface area contributed by atoms with Crippen molar-refractivity contribution in [3.05, 3.63) is 100 Å². The molecule has 0 fully saturated rings. The van der Waals surface area contributed by atoms with Crippen LogP contribution in [0, 0.1) is 11.3 Å². The first-order valence-electron chi connectivity index (χ1n) is 9.50. The van der Waals surface area contributed by atoms with Crippen molar-refractivity contribution in [3.63, 3.8) is 0 Å². The third-order valence-corrected chi connectivity index (χ3v) is 5.18. The average molecular weight is 444 g/mol. The molecule has 0 aliphatic carbocycles. The molecule has 0 aliphatic rings. The van der Waals surface area contributed by atoms with Gasteiger partial charge in [0.1, 0.15) is 29.9 Å². The van der Waals surface area contributed by atoms with Crippen molar-refractivity contribution in [1.29, 1.82) is 5.26 Å². The van der Waals surface area contributed by atoms with Crippen LogP contribution >= 0.6 is 11.3 Å². The molecule has 0 unspecified atom stereocenters. The van der Waals surface area contributed by atoms with E-state index in [-0.39, 0.29) is 18.3 Å². The summed E-state index contributed by atoms with van der Waals surface area (Å²) in [6.07, 6.45) is 0. The molecule has 8 heteroatoms. The Balaban J connectivity index is 1.33. The largest absolute Gasteiger partial charge is 0.484 e. The minimum atomic E-state index is -0.663. The van der Waals surface area contributed by atoms with E-state index in [0.29, 0.717) is 33.4 Å². The van der Waals surface area contributed by atoms with Crippen molar-refractivity contribution < 1.29 is 23.5 Å². The quantitative estimate of drug-likeness (QED) is 0.308. The highest BCUT2D eigenvalue weighted by atomic mass is 32.1. The summed E-state index contributed by atoms with van der Waals surface area (Å²) >= 11 is 1.35. The molecule has 7 nitrogen and oxygen atoms in total. The van der Waals surface area contributed by atoms with Crippen LogP contribution in [0.5, 0.6) is 11.5 Å². The van der Waals surface area contributed by atoms with Gasteiger partial charge in [0, 0.05) is 5.69 Å². The lowest BCUT2D eigenvalue weighted by molar-refractivity contribution is 0.0697. The second kappa shape index (κ2) is 9.64. The van der Waals surface area contributed by atoms with Gasteiger partial charge in [-0.25, -0.2) is 4.79 Å². The Morgan fingerprint density at radius 3 is 2.56 bits per heavy atom. The molecule has 1 amide bonds. The number of rotatable bonds is 7. The first kappa shape index (κ1) is 20.9. The molecule has 2 aromatic heterocycles. The second-order valence-electron chi connectivity index (χ2n) is 6.51. The molecule has 0 saturated heterocycles. The summed E-state index contributed by atoms with van der Waals surface area (Å²) in [6, 6.07) is 22.0. The Labute approximate surface area is 187 Å². The van der Waals surface area contributed by atoms with E-state index < -0.39 is 5.97 Å². The number of hydrogen-bond acceptors (Lipinski definition) is 7. The van der Waals surface area contributed by atoms with Gasteiger partial charge >= 0.3 is 5.97 Å². The molecule has 0 saturated carbocycles. The molecule has 4 rings (SSSR count). The normalized spacial score (nSPS) is 10.2. The maximum absolute atomic E-state index is 12.4. The topological polar surface area (TPSA) is 102 Å². The van der Waals surface area contributed by atoms with E-state index in [1.54, 1.807) is 66.7 Å². The van der Waals surface area contributed by atoms with Gasteiger partial charge in [-0.15, -0.1) is 11.3 Å². The fraction of sp³-hybridized carbons (Fsp3) is 0.0417. The molecule has 1 N–H and O–H groups in total. The van der Waals surface area contributed by atoms with Crippen molar-refractivity contribution in [3.8, 4) is 17.6 Å². The van der Waals surface area contributed by atoms with Gasteiger partial charge < -0.3 is 19.2 Å². The minimum Gasteiger partial charge on any atom is -0.484 e. The molecular weight excluding hydrogens is 428 g/mol. The lowest BCUT2D eigenvalue weighted by atomic mass is 10.2. The Bertz CT molecular complexity index is 1270. The lowest BCUT2D eigenvalue weighted by Crippen LogP contribution is -2.10. The van der Waals surface area contributed by atoms with Crippen LogP contribution in [0.3, 0.4) is 0 Å². The SMILES string of the molecule is N#Cc1ccccc1OCc1ccc(C(=O)Oc2ccc(NC(=O)c3cccs3)cc2)o1. The fourth-order valence-corrected chi connectivity index (χ4v) is 3.38. The number of benzene rings is 2. The number of para-hydroxylation sites is 1. The summed E-state index contributed by atoms with van der Waals surface area (Å²) in [5, 5.41) is 13.7. The third kappa shape index (κ3) is 5.03. The summed E-state index contributed by atoms with van der Waals surface area (Å²) in [7, 11) is 0. The Morgan fingerprint density at radius 1 is 1.00 bits per heavy atom. The molecular formula is C24H16N2O5S. The number of thiophene rings is 1. The third-order valence-electron chi connectivity index (χ3n) is 4.31. The number of esters is 1. The van der Waals surface area contributed by atoms with Gasteiger partial charge in [0.2, 0.25) is 5.76 Å². The summed E-state index contributed by atoms with van der Waals surface area (Å²) < 4.78 is 16.4. The average Bonchev–Trinajstić information content (AvgIpc) is 3.52.